The molecule has 1 aromatic heterocycles. The molecule has 3 rings (SSSR count). The molecule has 1 aliphatic heterocycles. The third-order valence-electron chi connectivity index (χ3n) is 3.10. The highest BCUT2D eigenvalue weighted by Crippen LogP contribution is 2.21. The van der Waals surface area contributed by atoms with E-state index in [1.165, 1.54) is 0 Å². The second-order valence-electron chi connectivity index (χ2n) is 4.44. The molecule has 0 aliphatic carbocycles. The molecule has 0 saturated carbocycles. The average molecular weight is 256 g/mol. The Kier molecular flexibility index (Phi) is 3.29. The molecule has 98 valence electrons. The normalized spacial score (nSPS) is 15.5. The molecule has 5 nitrogen and oxygen atoms in total. The summed E-state index contributed by atoms with van der Waals surface area (Å²) in [5.74, 6) is 1.18. The van der Waals surface area contributed by atoms with Gasteiger partial charge in [0.15, 0.2) is 0 Å². The van der Waals surface area contributed by atoms with Crippen molar-refractivity contribution in [3.63, 3.8) is 0 Å². The summed E-state index contributed by atoms with van der Waals surface area (Å²) < 4.78 is 5.34. The van der Waals surface area contributed by atoms with E-state index in [1.54, 1.807) is 6.07 Å². The van der Waals surface area contributed by atoms with Crippen LogP contribution in [-0.2, 0) is 4.74 Å². The van der Waals surface area contributed by atoms with E-state index >= 15 is 0 Å². The van der Waals surface area contributed by atoms with Crippen LogP contribution in [0.3, 0.4) is 0 Å². The first-order valence-electron chi connectivity index (χ1n) is 6.35. The predicted molar refractivity (Wildman–Crippen MR) is 74.9 cm³/mol. The lowest BCUT2D eigenvalue weighted by Crippen LogP contribution is -2.37. The lowest BCUT2D eigenvalue weighted by atomic mass is 10.1. The number of anilines is 2. The van der Waals surface area contributed by atoms with Gasteiger partial charge in [-0.2, -0.15) is 4.98 Å². The minimum atomic E-state index is 0.496. The Hall–Kier alpha value is -2.14. The maximum atomic E-state index is 5.89. The van der Waals surface area contributed by atoms with Crippen molar-refractivity contribution in [2.75, 3.05) is 36.9 Å². The monoisotopic (exact) mass is 256 g/mol. The Morgan fingerprint density at radius 2 is 1.79 bits per heavy atom. The number of morpholine rings is 1. The van der Waals surface area contributed by atoms with Gasteiger partial charge in [-0.1, -0.05) is 30.3 Å². The summed E-state index contributed by atoms with van der Waals surface area (Å²) in [7, 11) is 0. The van der Waals surface area contributed by atoms with Gasteiger partial charge in [0.1, 0.15) is 5.82 Å². The van der Waals surface area contributed by atoms with Crippen LogP contribution in [0.4, 0.5) is 11.8 Å². The van der Waals surface area contributed by atoms with E-state index in [4.69, 9.17) is 10.5 Å². The lowest BCUT2D eigenvalue weighted by Gasteiger charge is -2.27. The van der Waals surface area contributed by atoms with Crippen LogP contribution >= 0.6 is 0 Å². The largest absolute Gasteiger partial charge is 0.384 e. The third kappa shape index (κ3) is 2.66. The van der Waals surface area contributed by atoms with Gasteiger partial charge in [0.2, 0.25) is 5.95 Å². The molecular formula is C14H16N4O. The Balaban J connectivity index is 1.96. The van der Waals surface area contributed by atoms with Crippen molar-refractivity contribution in [2.24, 2.45) is 0 Å². The highest BCUT2D eigenvalue weighted by molar-refractivity contribution is 5.63. The van der Waals surface area contributed by atoms with Gasteiger partial charge in [0.05, 0.1) is 18.9 Å². The van der Waals surface area contributed by atoms with Crippen LogP contribution < -0.4 is 10.6 Å². The first-order valence-corrected chi connectivity index (χ1v) is 6.35. The Morgan fingerprint density at radius 1 is 1.05 bits per heavy atom. The second kappa shape index (κ2) is 5.24. The van der Waals surface area contributed by atoms with Gasteiger partial charge in [-0.05, 0) is 0 Å². The van der Waals surface area contributed by atoms with Crippen molar-refractivity contribution in [3.8, 4) is 11.3 Å². The van der Waals surface area contributed by atoms with Crippen LogP contribution in [0.5, 0.6) is 0 Å². The summed E-state index contributed by atoms with van der Waals surface area (Å²) in [6.07, 6.45) is 0. The maximum absolute atomic E-state index is 5.89. The number of nitrogens with two attached hydrogens (primary N) is 1. The van der Waals surface area contributed by atoms with Crippen LogP contribution in [-0.4, -0.2) is 36.3 Å². The zero-order valence-corrected chi connectivity index (χ0v) is 10.6. The quantitative estimate of drug-likeness (QED) is 0.883. The number of nitrogen functional groups attached to an aromatic ring is 1. The summed E-state index contributed by atoms with van der Waals surface area (Å²) in [4.78, 5) is 11.0. The first-order chi connectivity index (χ1) is 9.33. The van der Waals surface area contributed by atoms with Crippen molar-refractivity contribution in [1.29, 1.82) is 0 Å². The number of aromatic nitrogens is 2. The van der Waals surface area contributed by atoms with Crippen LogP contribution in [0.2, 0.25) is 0 Å². The van der Waals surface area contributed by atoms with Gasteiger partial charge in [0.25, 0.3) is 0 Å². The number of benzene rings is 1. The summed E-state index contributed by atoms with van der Waals surface area (Å²) in [6, 6.07) is 11.8. The van der Waals surface area contributed by atoms with E-state index < -0.39 is 0 Å². The lowest BCUT2D eigenvalue weighted by molar-refractivity contribution is 0.122. The molecule has 2 aromatic rings. The van der Waals surface area contributed by atoms with Crippen LogP contribution in [0.1, 0.15) is 0 Å². The Labute approximate surface area is 112 Å². The fourth-order valence-electron chi connectivity index (χ4n) is 2.11. The standard InChI is InChI=1S/C14H16N4O/c15-13-10-12(11-4-2-1-3-5-11)16-14(17-13)18-6-8-19-9-7-18/h1-5,10H,6-9H2,(H2,15,16,17). The number of hydrogen-bond donors (Lipinski definition) is 1. The molecule has 1 aliphatic rings. The summed E-state index contributed by atoms with van der Waals surface area (Å²) in [5.41, 5.74) is 7.80. The van der Waals surface area contributed by atoms with Crippen molar-refractivity contribution >= 4 is 11.8 Å². The average Bonchev–Trinajstić information content (AvgIpc) is 2.48. The van der Waals surface area contributed by atoms with Crippen molar-refractivity contribution < 1.29 is 4.74 Å². The molecule has 1 saturated heterocycles. The molecule has 0 unspecified atom stereocenters. The highest BCUT2D eigenvalue weighted by Gasteiger charge is 2.15. The van der Waals surface area contributed by atoms with E-state index in [-0.39, 0.29) is 0 Å². The molecule has 0 atom stereocenters. The van der Waals surface area contributed by atoms with Crippen molar-refractivity contribution in [1.82, 2.24) is 9.97 Å². The van der Waals surface area contributed by atoms with Gasteiger partial charge in [0, 0.05) is 24.7 Å². The van der Waals surface area contributed by atoms with Crippen LogP contribution in [0.15, 0.2) is 36.4 Å². The fourth-order valence-corrected chi connectivity index (χ4v) is 2.11. The maximum Gasteiger partial charge on any atom is 0.228 e. The molecule has 0 amide bonds. The molecular weight excluding hydrogens is 240 g/mol. The van der Waals surface area contributed by atoms with Crippen LogP contribution in [0.25, 0.3) is 11.3 Å². The van der Waals surface area contributed by atoms with E-state index in [1.807, 2.05) is 30.3 Å². The molecule has 2 N–H and O–H groups in total. The number of ether oxygens (including phenoxy) is 1. The fraction of sp³-hybridized carbons (Fsp3) is 0.286. The molecule has 0 spiro atoms. The Morgan fingerprint density at radius 3 is 2.53 bits per heavy atom. The zero-order valence-electron chi connectivity index (χ0n) is 10.6. The molecule has 0 radical (unpaired) electrons. The van der Waals surface area contributed by atoms with E-state index in [0.29, 0.717) is 25.0 Å². The van der Waals surface area contributed by atoms with E-state index in [2.05, 4.69) is 14.9 Å². The van der Waals surface area contributed by atoms with Crippen molar-refractivity contribution in [3.05, 3.63) is 36.4 Å². The molecule has 5 heteroatoms. The zero-order chi connectivity index (χ0) is 13.1. The number of nitrogens with zero attached hydrogens (tertiary/aromatic N) is 3. The predicted octanol–water partition coefficient (Wildman–Crippen LogP) is 1.56. The van der Waals surface area contributed by atoms with Gasteiger partial charge < -0.3 is 15.4 Å². The third-order valence-corrected chi connectivity index (χ3v) is 3.10. The van der Waals surface area contributed by atoms with Gasteiger partial charge in [-0.25, -0.2) is 4.98 Å². The molecule has 19 heavy (non-hydrogen) atoms. The smallest absolute Gasteiger partial charge is 0.228 e. The highest BCUT2D eigenvalue weighted by atomic mass is 16.5. The SMILES string of the molecule is Nc1cc(-c2ccccc2)nc(N2CCOCC2)n1. The summed E-state index contributed by atoms with van der Waals surface area (Å²) in [6.45, 7) is 3.02. The summed E-state index contributed by atoms with van der Waals surface area (Å²) >= 11 is 0. The minimum Gasteiger partial charge on any atom is -0.384 e. The van der Waals surface area contributed by atoms with E-state index in [9.17, 15) is 0 Å². The summed E-state index contributed by atoms with van der Waals surface area (Å²) in [5, 5.41) is 0. The first kappa shape index (κ1) is 11.9. The van der Waals surface area contributed by atoms with Gasteiger partial charge in [-0.15, -0.1) is 0 Å². The van der Waals surface area contributed by atoms with Gasteiger partial charge in [-0.3, -0.25) is 0 Å². The van der Waals surface area contributed by atoms with E-state index in [0.717, 1.165) is 24.3 Å². The van der Waals surface area contributed by atoms with Crippen molar-refractivity contribution in [2.45, 2.75) is 0 Å². The molecule has 2 heterocycles. The molecule has 1 aromatic carbocycles. The number of hydrogen-bond acceptors (Lipinski definition) is 5. The topological polar surface area (TPSA) is 64.3 Å². The molecule has 1 fully saturated rings. The minimum absolute atomic E-state index is 0.496. The molecule has 0 bridgehead atoms. The second-order valence-corrected chi connectivity index (χ2v) is 4.44. The Bertz CT molecular complexity index is 553. The van der Waals surface area contributed by atoms with Gasteiger partial charge >= 0.3 is 0 Å². The number of rotatable bonds is 2. The van der Waals surface area contributed by atoms with Crippen LogP contribution in [0, 0.1) is 0 Å².